The lowest BCUT2D eigenvalue weighted by atomic mass is 9.89. The molecule has 0 atom stereocenters. The minimum absolute atomic E-state index is 0.0666. The zero-order chi connectivity index (χ0) is 32.2. The summed E-state index contributed by atoms with van der Waals surface area (Å²) in [5.74, 6) is -0.294. The van der Waals surface area contributed by atoms with E-state index in [-0.39, 0.29) is 4.75 Å². The third kappa shape index (κ3) is 8.59. The van der Waals surface area contributed by atoms with Crippen LogP contribution in [0.1, 0.15) is 51.6 Å². The number of hydrogen-bond donors (Lipinski definition) is 1. The highest BCUT2D eigenvalue weighted by molar-refractivity contribution is 8.00. The zero-order valence-corrected chi connectivity index (χ0v) is 27.8. The molecule has 0 radical (unpaired) electrons. The van der Waals surface area contributed by atoms with Gasteiger partial charge in [0.15, 0.2) is 0 Å². The average molecular weight is 644 g/mol. The van der Waals surface area contributed by atoms with Crippen molar-refractivity contribution >= 4 is 57.4 Å². The highest BCUT2D eigenvalue weighted by atomic mass is 35.5. The van der Waals surface area contributed by atoms with Gasteiger partial charge in [-0.15, -0.1) is 11.8 Å². The number of carboxylic acid groups (broad SMARTS) is 1. The summed E-state index contributed by atoms with van der Waals surface area (Å²) in [5.41, 5.74) is 4.76. The summed E-state index contributed by atoms with van der Waals surface area (Å²) in [6.07, 6.45) is 2.34. The van der Waals surface area contributed by atoms with Gasteiger partial charge >= 0.3 is 5.97 Å². The van der Waals surface area contributed by atoms with Crippen molar-refractivity contribution in [2.75, 3.05) is 6.61 Å². The van der Waals surface area contributed by atoms with Gasteiger partial charge in [-0.05, 0) is 54.4 Å². The molecule has 0 bridgehead atoms. The van der Waals surface area contributed by atoms with Crippen LogP contribution in [-0.4, -0.2) is 38.2 Å². The fraction of sp³-hybridized carbons (Fsp3) is 0.306. The van der Waals surface area contributed by atoms with Crippen LogP contribution < -0.4 is 4.74 Å². The lowest BCUT2D eigenvalue weighted by Gasteiger charge is -2.24. The summed E-state index contributed by atoms with van der Waals surface area (Å²) >= 11 is 8.04. The number of nitrogens with zero attached hydrogens (tertiary/aromatic N) is 3. The number of hydrogen-bond acceptors (Lipinski definition) is 6. The Morgan fingerprint density at radius 1 is 1.02 bits per heavy atom. The van der Waals surface area contributed by atoms with Crippen molar-refractivity contribution in [2.24, 2.45) is 10.6 Å². The summed E-state index contributed by atoms with van der Waals surface area (Å²) in [5, 5.41) is 15.8. The van der Waals surface area contributed by atoms with E-state index in [1.807, 2.05) is 54.2 Å². The zero-order valence-electron chi connectivity index (χ0n) is 26.2. The Labute approximate surface area is 273 Å². The Morgan fingerprint density at radius 3 is 2.51 bits per heavy atom. The van der Waals surface area contributed by atoms with E-state index in [0.29, 0.717) is 24.6 Å². The molecule has 0 saturated heterocycles. The second-order valence-electron chi connectivity index (χ2n) is 12.7. The molecular weight excluding hydrogens is 606 g/mol. The number of benzene rings is 3. The molecule has 0 spiro atoms. The first-order chi connectivity index (χ1) is 21.4. The monoisotopic (exact) mass is 643 g/mol. The highest BCUT2D eigenvalue weighted by Gasteiger charge is 2.28. The number of ether oxygens (including phenoxy) is 1. The first-order valence-electron chi connectivity index (χ1n) is 14.8. The quantitative estimate of drug-likeness (QED) is 0.0829. The van der Waals surface area contributed by atoms with Crippen LogP contribution >= 0.6 is 23.4 Å². The van der Waals surface area contributed by atoms with E-state index in [1.54, 1.807) is 6.21 Å². The first-order valence-corrected chi connectivity index (χ1v) is 16.0. The second kappa shape index (κ2) is 13.5. The van der Waals surface area contributed by atoms with Gasteiger partial charge in [0, 0.05) is 54.8 Å². The van der Waals surface area contributed by atoms with Crippen LogP contribution in [0.15, 0.2) is 88.9 Å². The van der Waals surface area contributed by atoms with Crippen LogP contribution in [0, 0.1) is 5.41 Å². The SMILES string of the molecule is CC(C)(/C=N/OCC(=O)O)Cc1c(SC(C)(C)C)c2cc(OCc3ccc4ccccc4n3)ccc2n1Cc1ccc(Cl)cc1. The third-order valence-electron chi connectivity index (χ3n) is 7.08. The van der Waals surface area contributed by atoms with E-state index in [1.165, 1.54) is 4.90 Å². The van der Waals surface area contributed by atoms with E-state index in [4.69, 9.17) is 31.3 Å². The minimum Gasteiger partial charge on any atom is -0.487 e. The number of carboxylic acids is 1. The molecule has 234 valence electrons. The number of carbonyl (C=O) groups is 1. The van der Waals surface area contributed by atoms with E-state index >= 15 is 0 Å². The van der Waals surface area contributed by atoms with Gasteiger partial charge in [-0.1, -0.05) is 87.8 Å². The third-order valence-corrected chi connectivity index (χ3v) is 8.61. The molecule has 0 fully saturated rings. The number of fused-ring (bicyclic) bond motifs is 2. The maximum atomic E-state index is 10.9. The van der Waals surface area contributed by atoms with Crippen LogP contribution in [0.3, 0.4) is 0 Å². The fourth-order valence-corrected chi connectivity index (χ4v) is 6.40. The maximum Gasteiger partial charge on any atom is 0.344 e. The molecule has 2 aromatic heterocycles. The van der Waals surface area contributed by atoms with Gasteiger partial charge in [0.2, 0.25) is 6.61 Å². The Kier molecular flexibility index (Phi) is 9.75. The van der Waals surface area contributed by atoms with Crippen molar-refractivity contribution in [1.29, 1.82) is 0 Å². The van der Waals surface area contributed by atoms with Crippen molar-refractivity contribution in [3.8, 4) is 5.75 Å². The van der Waals surface area contributed by atoms with E-state index in [9.17, 15) is 4.79 Å². The van der Waals surface area contributed by atoms with E-state index < -0.39 is 18.0 Å². The fourth-order valence-electron chi connectivity index (χ4n) is 5.09. The Bertz CT molecular complexity index is 1840. The molecule has 1 N–H and O–H groups in total. The summed E-state index contributed by atoms with van der Waals surface area (Å²) < 4.78 is 8.61. The molecule has 9 heteroatoms. The molecule has 45 heavy (non-hydrogen) atoms. The molecular formula is C36H38ClN3O4S. The number of halogens is 1. The van der Waals surface area contributed by atoms with E-state index in [0.717, 1.165) is 44.5 Å². The maximum absolute atomic E-state index is 10.9. The smallest absolute Gasteiger partial charge is 0.344 e. The lowest BCUT2D eigenvalue weighted by Crippen LogP contribution is -2.21. The van der Waals surface area contributed by atoms with Gasteiger partial charge in [0.25, 0.3) is 0 Å². The van der Waals surface area contributed by atoms with Crippen LogP contribution in [0.25, 0.3) is 21.8 Å². The largest absolute Gasteiger partial charge is 0.487 e. The number of oxime groups is 1. The van der Waals surface area contributed by atoms with Crippen LogP contribution in [0.4, 0.5) is 0 Å². The molecule has 5 aromatic rings. The summed E-state index contributed by atoms with van der Waals surface area (Å²) in [6, 6.07) is 26.3. The molecule has 5 rings (SSSR count). The number of thioether (sulfide) groups is 1. The van der Waals surface area contributed by atoms with E-state index in [2.05, 4.69) is 80.7 Å². The van der Waals surface area contributed by atoms with Gasteiger partial charge in [0.05, 0.1) is 11.2 Å². The standard InChI is InChI=1S/C36H38ClN3O4S/c1-35(2,3)45-34-29-18-28(43-21-27-15-12-25-8-6-7-9-30(25)39-27)16-17-31(29)40(20-24-10-13-26(37)14-11-24)32(34)19-36(4,5)23-38-44-22-33(41)42/h6-18,23H,19-22H2,1-5H3,(H,41,42)/b38-23+. The molecule has 0 aliphatic heterocycles. The highest BCUT2D eigenvalue weighted by Crippen LogP contribution is 2.44. The molecule has 0 unspecified atom stereocenters. The molecule has 0 aliphatic rings. The van der Waals surface area contributed by atoms with Crippen LogP contribution in [0.2, 0.25) is 5.02 Å². The topological polar surface area (TPSA) is 85.9 Å². The van der Waals surface area contributed by atoms with Crippen LogP contribution in [-0.2, 0) is 29.2 Å². The summed E-state index contributed by atoms with van der Waals surface area (Å²) in [4.78, 5) is 21.9. The second-order valence-corrected chi connectivity index (χ2v) is 15.0. The normalized spacial score (nSPS) is 12.3. The molecule has 7 nitrogen and oxygen atoms in total. The van der Waals surface area contributed by atoms with Crippen molar-refractivity contribution in [3.05, 3.63) is 101 Å². The summed E-state index contributed by atoms with van der Waals surface area (Å²) in [7, 11) is 0. The molecule has 0 aliphatic carbocycles. The van der Waals surface area contributed by atoms with Gasteiger partial charge in [-0.25, -0.2) is 9.78 Å². The minimum atomic E-state index is -1.06. The van der Waals surface area contributed by atoms with Gasteiger partial charge < -0.3 is 19.2 Å². The Hall–Kier alpha value is -4.01. The Morgan fingerprint density at radius 2 is 1.78 bits per heavy atom. The number of aromatic nitrogens is 2. The molecule has 0 amide bonds. The average Bonchev–Trinajstić information content (AvgIpc) is 3.24. The number of aliphatic carboxylic acids is 1. The van der Waals surface area contributed by atoms with Gasteiger partial charge in [-0.2, -0.15) is 0 Å². The first kappa shape index (κ1) is 32.4. The van der Waals surface area contributed by atoms with Crippen molar-refractivity contribution < 1.29 is 19.5 Å². The summed E-state index contributed by atoms with van der Waals surface area (Å²) in [6.45, 7) is 11.3. The predicted octanol–water partition coefficient (Wildman–Crippen LogP) is 9.02. The Balaban J connectivity index is 1.55. The number of pyridine rings is 1. The van der Waals surface area contributed by atoms with Crippen molar-refractivity contribution in [1.82, 2.24) is 9.55 Å². The molecule has 2 heterocycles. The van der Waals surface area contributed by atoms with Crippen LogP contribution in [0.5, 0.6) is 5.75 Å². The van der Waals surface area contributed by atoms with Gasteiger partial charge in [-0.3, -0.25) is 0 Å². The van der Waals surface area contributed by atoms with Crippen molar-refractivity contribution in [2.45, 2.75) is 63.8 Å². The predicted molar refractivity (Wildman–Crippen MR) is 184 cm³/mol. The number of para-hydroxylation sites is 1. The lowest BCUT2D eigenvalue weighted by molar-refractivity contribution is -0.142. The van der Waals surface area contributed by atoms with Gasteiger partial charge in [0.1, 0.15) is 12.4 Å². The molecule has 3 aromatic carbocycles. The molecule has 0 saturated carbocycles. The number of rotatable bonds is 12. The van der Waals surface area contributed by atoms with Crippen molar-refractivity contribution in [3.63, 3.8) is 0 Å².